The number of carbonyl (C=O) groups is 1. The minimum absolute atomic E-state index is 0. The van der Waals surface area contributed by atoms with E-state index in [1.165, 1.54) is 7.11 Å². The molecule has 0 amide bonds. The molecule has 0 radical (unpaired) electrons. The van der Waals surface area contributed by atoms with Gasteiger partial charge in [0.25, 0.3) is 0 Å². The molecule has 0 bridgehead atoms. The average molecular weight is 470 g/mol. The summed E-state index contributed by atoms with van der Waals surface area (Å²) in [6, 6.07) is 0. The largest absolute Gasteiger partial charge is 0.469 e. The highest BCUT2D eigenvalue weighted by Gasteiger charge is 2.20. The van der Waals surface area contributed by atoms with Crippen LogP contribution in [0.3, 0.4) is 0 Å². The zero-order valence-corrected chi connectivity index (χ0v) is 18.4. The molecular weight excluding hydrogens is 435 g/mol. The van der Waals surface area contributed by atoms with Crippen LogP contribution in [-0.4, -0.2) is 76.4 Å². The number of ether oxygens (including phenoxy) is 2. The molecule has 0 saturated carbocycles. The van der Waals surface area contributed by atoms with E-state index in [-0.39, 0.29) is 36.0 Å². The molecule has 1 rings (SSSR count). The van der Waals surface area contributed by atoms with Gasteiger partial charge in [0.15, 0.2) is 5.96 Å². The van der Waals surface area contributed by atoms with E-state index in [9.17, 15) is 4.79 Å². The van der Waals surface area contributed by atoms with Crippen molar-refractivity contribution in [2.45, 2.75) is 39.2 Å². The number of aliphatic imine (C=N–C) groups is 1. The summed E-state index contributed by atoms with van der Waals surface area (Å²) >= 11 is 0. The molecule has 8 heteroatoms. The van der Waals surface area contributed by atoms with E-state index in [1.54, 1.807) is 7.05 Å². The fraction of sp³-hybridized carbons (Fsp3) is 0.882. The first kappa shape index (κ1) is 24.4. The van der Waals surface area contributed by atoms with E-state index in [4.69, 9.17) is 4.74 Å². The number of methoxy groups -OCH3 is 1. The van der Waals surface area contributed by atoms with Gasteiger partial charge in [-0.25, -0.2) is 0 Å². The van der Waals surface area contributed by atoms with Gasteiger partial charge in [-0.1, -0.05) is 13.8 Å². The molecule has 0 aromatic carbocycles. The summed E-state index contributed by atoms with van der Waals surface area (Å²) in [7, 11) is 3.18. The second-order valence-corrected chi connectivity index (χ2v) is 6.56. The number of rotatable bonds is 9. The topological polar surface area (TPSA) is 75.2 Å². The van der Waals surface area contributed by atoms with E-state index in [2.05, 4.69) is 39.1 Å². The number of morpholine rings is 1. The highest BCUT2D eigenvalue weighted by atomic mass is 127. The van der Waals surface area contributed by atoms with Crippen LogP contribution in [0.4, 0.5) is 0 Å². The molecule has 1 aliphatic rings. The maximum Gasteiger partial charge on any atom is 0.305 e. The van der Waals surface area contributed by atoms with Crippen molar-refractivity contribution in [2.24, 2.45) is 10.9 Å². The van der Waals surface area contributed by atoms with Gasteiger partial charge in [-0.05, 0) is 18.8 Å². The molecule has 1 aliphatic heterocycles. The van der Waals surface area contributed by atoms with Gasteiger partial charge in [-0.15, -0.1) is 24.0 Å². The summed E-state index contributed by atoms with van der Waals surface area (Å²) < 4.78 is 10.5. The molecule has 1 atom stereocenters. The third kappa shape index (κ3) is 11.6. The first-order chi connectivity index (χ1) is 11.5. The van der Waals surface area contributed by atoms with E-state index >= 15 is 0 Å². The van der Waals surface area contributed by atoms with Crippen molar-refractivity contribution in [1.29, 1.82) is 0 Å². The molecule has 148 valence electrons. The lowest BCUT2D eigenvalue weighted by Gasteiger charge is -2.34. The van der Waals surface area contributed by atoms with E-state index < -0.39 is 0 Å². The summed E-state index contributed by atoms with van der Waals surface area (Å²) in [5, 5.41) is 6.58. The quantitative estimate of drug-likeness (QED) is 0.175. The number of hydrogen-bond donors (Lipinski definition) is 2. The van der Waals surface area contributed by atoms with Gasteiger partial charge in [0.2, 0.25) is 0 Å². The molecule has 1 unspecified atom stereocenters. The molecule has 0 aliphatic carbocycles. The number of unbranched alkanes of at least 4 members (excludes halogenated alkanes) is 1. The van der Waals surface area contributed by atoms with E-state index in [1.807, 2.05) is 0 Å². The number of nitrogens with zero attached hydrogens (tertiary/aromatic N) is 2. The summed E-state index contributed by atoms with van der Waals surface area (Å²) in [6.45, 7) is 9.90. The van der Waals surface area contributed by atoms with Crippen LogP contribution >= 0.6 is 24.0 Å². The van der Waals surface area contributed by atoms with Crippen LogP contribution in [0.25, 0.3) is 0 Å². The zero-order valence-electron chi connectivity index (χ0n) is 16.0. The molecule has 0 aromatic rings. The molecule has 1 saturated heterocycles. The van der Waals surface area contributed by atoms with Crippen LogP contribution in [0.2, 0.25) is 0 Å². The van der Waals surface area contributed by atoms with Crippen LogP contribution in [0, 0.1) is 5.92 Å². The van der Waals surface area contributed by atoms with Crippen LogP contribution < -0.4 is 10.6 Å². The lowest BCUT2D eigenvalue weighted by molar-refractivity contribution is -0.140. The van der Waals surface area contributed by atoms with Crippen LogP contribution in [0.15, 0.2) is 4.99 Å². The Hall–Kier alpha value is -0.610. The van der Waals surface area contributed by atoms with Gasteiger partial charge in [0, 0.05) is 46.2 Å². The zero-order chi connectivity index (χ0) is 17.8. The standard InChI is InChI=1S/C17H34N4O3.HI/c1-14(2)12-21-9-10-24-15(13-21)11-20-17(18-3)19-8-6-5-7-16(22)23-4;/h14-15H,5-13H2,1-4H3,(H2,18,19,20);1H. The Kier molecular flexibility index (Phi) is 14.2. The SMILES string of the molecule is CN=C(NCCCCC(=O)OC)NCC1CN(CC(C)C)CCO1.I. The van der Waals surface area contributed by atoms with Gasteiger partial charge in [-0.2, -0.15) is 0 Å². The van der Waals surface area contributed by atoms with Crippen molar-refractivity contribution in [1.82, 2.24) is 15.5 Å². The number of esters is 1. The van der Waals surface area contributed by atoms with Crippen molar-refractivity contribution < 1.29 is 14.3 Å². The smallest absolute Gasteiger partial charge is 0.305 e. The lowest BCUT2D eigenvalue weighted by atomic mass is 10.2. The van der Waals surface area contributed by atoms with E-state index in [0.29, 0.717) is 12.3 Å². The first-order valence-corrected chi connectivity index (χ1v) is 8.90. The second kappa shape index (κ2) is 14.5. The van der Waals surface area contributed by atoms with Crippen LogP contribution in [0.1, 0.15) is 33.1 Å². The Labute approximate surface area is 169 Å². The van der Waals surface area contributed by atoms with Crippen molar-refractivity contribution >= 4 is 35.9 Å². The van der Waals surface area contributed by atoms with Crippen molar-refractivity contribution in [2.75, 3.05) is 53.5 Å². The Balaban J connectivity index is 0.00000576. The fourth-order valence-corrected chi connectivity index (χ4v) is 2.72. The molecule has 2 N–H and O–H groups in total. The van der Waals surface area contributed by atoms with Crippen molar-refractivity contribution in [3.8, 4) is 0 Å². The molecule has 25 heavy (non-hydrogen) atoms. The lowest BCUT2D eigenvalue weighted by Crippen LogP contribution is -2.50. The molecule has 0 aromatic heterocycles. The summed E-state index contributed by atoms with van der Waals surface area (Å²) in [6.07, 6.45) is 2.37. The van der Waals surface area contributed by atoms with Crippen molar-refractivity contribution in [3.63, 3.8) is 0 Å². The van der Waals surface area contributed by atoms with Gasteiger partial charge < -0.3 is 20.1 Å². The third-order valence-corrected chi connectivity index (χ3v) is 3.89. The second-order valence-electron chi connectivity index (χ2n) is 6.56. The molecule has 1 fully saturated rings. The molecule has 0 spiro atoms. The van der Waals surface area contributed by atoms with Gasteiger partial charge in [0.1, 0.15) is 0 Å². The van der Waals surface area contributed by atoms with Crippen LogP contribution in [-0.2, 0) is 14.3 Å². The highest BCUT2D eigenvalue weighted by molar-refractivity contribution is 14.0. The summed E-state index contributed by atoms with van der Waals surface area (Å²) in [5.41, 5.74) is 0. The number of guanidine groups is 1. The molecule has 1 heterocycles. The monoisotopic (exact) mass is 470 g/mol. The molecule has 7 nitrogen and oxygen atoms in total. The number of hydrogen-bond acceptors (Lipinski definition) is 5. The number of halogens is 1. The first-order valence-electron chi connectivity index (χ1n) is 8.90. The number of carbonyl (C=O) groups excluding carboxylic acids is 1. The fourth-order valence-electron chi connectivity index (χ4n) is 2.72. The van der Waals surface area contributed by atoms with Gasteiger partial charge in [0.05, 0.1) is 19.8 Å². The Morgan fingerprint density at radius 1 is 1.36 bits per heavy atom. The Bertz CT molecular complexity index is 394. The minimum Gasteiger partial charge on any atom is -0.469 e. The average Bonchev–Trinajstić information content (AvgIpc) is 2.56. The highest BCUT2D eigenvalue weighted by Crippen LogP contribution is 2.07. The summed E-state index contributed by atoms with van der Waals surface area (Å²) in [4.78, 5) is 17.7. The Morgan fingerprint density at radius 2 is 2.12 bits per heavy atom. The predicted octanol–water partition coefficient (Wildman–Crippen LogP) is 1.47. The van der Waals surface area contributed by atoms with Gasteiger partial charge in [-0.3, -0.25) is 14.7 Å². The predicted molar refractivity (Wildman–Crippen MR) is 112 cm³/mol. The Morgan fingerprint density at radius 3 is 2.76 bits per heavy atom. The number of nitrogens with one attached hydrogen (secondary N) is 2. The van der Waals surface area contributed by atoms with Crippen LogP contribution in [0.5, 0.6) is 0 Å². The van der Waals surface area contributed by atoms with Crippen molar-refractivity contribution in [3.05, 3.63) is 0 Å². The summed E-state index contributed by atoms with van der Waals surface area (Å²) in [5.74, 6) is 1.30. The molecular formula is C17H35IN4O3. The maximum absolute atomic E-state index is 11.0. The third-order valence-electron chi connectivity index (χ3n) is 3.89. The van der Waals surface area contributed by atoms with Gasteiger partial charge >= 0.3 is 5.97 Å². The van der Waals surface area contributed by atoms with E-state index in [0.717, 1.165) is 58.1 Å². The normalized spacial score (nSPS) is 18.6. The maximum atomic E-state index is 11.0. The minimum atomic E-state index is -0.155.